The van der Waals surface area contributed by atoms with Gasteiger partial charge in [0.2, 0.25) is 5.91 Å². The molecule has 0 radical (unpaired) electrons. The molecule has 1 saturated heterocycles. The number of thiocarbonyl (C=S) groups is 1. The van der Waals surface area contributed by atoms with Crippen LogP contribution in [-0.2, 0) is 9.59 Å². The Labute approximate surface area is 186 Å². The second kappa shape index (κ2) is 9.29. The topological polar surface area (TPSA) is 110 Å². The molecule has 0 atom stereocenters. The molecule has 10 heteroatoms. The third-order valence-electron chi connectivity index (χ3n) is 4.12. The Kier molecular flexibility index (Phi) is 6.76. The van der Waals surface area contributed by atoms with Gasteiger partial charge in [-0.25, -0.2) is 4.79 Å². The normalized spacial score (nSPS) is 15.0. The van der Waals surface area contributed by atoms with E-state index in [0.29, 0.717) is 19.8 Å². The van der Waals surface area contributed by atoms with Crippen molar-refractivity contribution in [2.75, 3.05) is 11.9 Å². The maximum Gasteiger partial charge on any atom is 0.335 e. The van der Waals surface area contributed by atoms with Gasteiger partial charge in [-0.2, -0.15) is 0 Å². The van der Waals surface area contributed by atoms with E-state index in [1.807, 2.05) is 0 Å². The highest BCUT2D eigenvalue weighted by Crippen LogP contribution is 2.33. The van der Waals surface area contributed by atoms with E-state index in [1.165, 1.54) is 11.0 Å². The zero-order valence-electron chi connectivity index (χ0n) is 15.3. The molecule has 0 aliphatic carbocycles. The van der Waals surface area contributed by atoms with Crippen LogP contribution in [0, 0.1) is 0 Å². The van der Waals surface area contributed by atoms with Gasteiger partial charge in [0.25, 0.3) is 5.91 Å². The number of nitrogens with zero attached hydrogens (tertiary/aromatic N) is 1. The molecule has 0 saturated carbocycles. The quantitative estimate of drug-likeness (QED) is 0.501. The number of carbonyl (C=O) groups is 3. The first-order valence-corrected chi connectivity index (χ1v) is 10.2. The predicted molar refractivity (Wildman–Crippen MR) is 117 cm³/mol. The van der Waals surface area contributed by atoms with E-state index < -0.39 is 17.6 Å². The molecule has 2 N–H and O–H groups in total. The van der Waals surface area contributed by atoms with Gasteiger partial charge in [-0.3, -0.25) is 14.5 Å². The molecule has 154 valence electrons. The number of carboxylic acid groups (broad SMARTS) is 1. The van der Waals surface area contributed by atoms with E-state index in [2.05, 4.69) is 5.32 Å². The molecule has 0 aromatic heterocycles. The highest BCUT2D eigenvalue weighted by molar-refractivity contribution is 8.26. The van der Waals surface area contributed by atoms with Crippen LogP contribution in [-0.4, -0.2) is 38.7 Å². The molecule has 1 aliphatic heterocycles. The lowest BCUT2D eigenvalue weighted by Crippen LogP contribution is -2.31. The van der Waals surface area contributed by atoms with E-state index in [9.17, 15) is 19.5 Å². The minimum Gasteiger partial charge on any atom is -0.872 e. The highest BCUT2D eigenvalue weighted by Gasteiger charge is 2.32. The minimum absolute atomic E-state index is 0.0549. The summed E-state index contributed by atoms with van der Waals surface area (Å²) in [5.74, 6) is -2.80. The van der Waals surface area contributed by atoms with Crippen molar-refractivity contribution < 1.29 is 24.6 Å². The second-order valence-corrected chi connectivity index (χ2v) is 8.25. The van der Waals surface area contributed by atoms with Gasteiger partial charge < -0.3 is 15.5 Å². The average Bonchev–Trinajstić information content (AvgIpc) is 2.94. The first-order valence-electron chi connectivity index (χ1n) is 8.60. The van der Waals surface area contributed by atoms with E-state index in [1.54, 1.807) is 30.3 Å². The van der Waals surface area contributed by atoms with Crippen molar-refractivity contribution in [3.8, 4) is 5.75 Å². The monoisotopic (exact) mass is 461 g/mol. The fraction of sp³-hybridized carbons (Fsp3) is 0.100. The van der Waals surface area contributed by atoms with Crippen LogP contribution in [0.25, 0.3) is 6.08 Å². The summed E-state index contributed by atoms with van der Waals surface area (Å²) in [6.07, 6.45) is 1.60. The number of thioether (sulfide) groups is 1. The lowest BCUT2D eigenvalue weighted by atomic mass is 10.2. The van der Waals surface area contributed by atoms with Gasteiger partial charge in [-0.05, 0) is 35.9 Å². The number of hydrogen-bond donors (Lipinski definition) is 2. The third-order valence-corrected chi connectivity index (χ3v) is 5.85. The Hall–Kier alpha value is -2.88. The maximum absolute atomic E-state index is 12.6. The summed E-state index contributed by atoms with van der Waals surface area (Å²) < 4.78 is 0.332. The molecule has 3 rings (SSSR count). The molecule has 1 heterocycles. The molecule has 2 aromatic carbocycles. The molecule has 7 nitrogen and oxygen atoms in total. The average molecular weight is 462 g/mol. The van der Waals surface area contributed by atoms with Gasteiger partial charge in [-0.15, -0.1) is 0 Å². The summed E-state index contributed by atoms with van der Waals surface area (Å²) >= 11 is 12.5. The minimum atomic E-state index is -1.34. The van der Waals surface area contributed by atoms with Crippen LogP contribution in [0.1, 0.15) is 22.3 Å². The second-order valence-electron chi connectivity index (χ2n) is 6.17. The fourth-order valence-electron chi connectivity index (χ4n) is 2.64. The molecule has 0 spiro atoms. The number of carboxylic acids is 1. The Bertz CT molecular complexity index is 1090. The number of halogens is 1. The van der Waals surface area contributed by atoms with Crippen molar-refractivity contribution in [3.05, 3.63) is 63.5 Å². The lowest BCUT2D eigenvalue weighted by molar-refractivity contribution is -0.268. The zero-order chi connectivity index (χ0) is 21.8. The van der Waals surface area contributed by atoms with Crippen LogP contribution in [0.3, 0.4) is 0 Å². The number of amides is 2. The number of rotatable bonds is 6. The lowest BCUT2D eigenvalue weighted by Gasteiger charge is -2.15. The molecular weight excluding hydrogens is 448 g/mol. The Morgan fingerprint density at radius 1 is 1.27 bits per heavy atom. The summed E-state index contributed by atoms with van der Waals surface area (Å²) in [4.78, 5) is 37.4. The summed E-state index contributed by atoms with van der Waals surface area (Å²) in [6, 6.07) is 10.6. The van der Waals surface area contributed by atoms with Crippen LogP contribution in [0.4, 0.5) is 5.69 Å². The summed E-state index contributed by atoms with van der Waals surface area (Å²) in [5.41, 5.74) is 0.491. The highest BCUT2D eigenvalue weighted by atomic mass is 35.5. The largest absolute Gasteiger partial charge is 0.872 e. The molecular formula is C20H14ClN2O5S2-. The van der Waals surface area contributed by atoms with Gasteiger partial charge in [0.15, 0.2) is 0 Å². The van der Waals surface area contributed by atoms with Crippen LogP contribution < -0.4 is 10.4 Å². The van der Waals surface area contributed by atoms with Gasteiger partial charge in [-0.1, -0.05) is 59.5 Å². The van der Waals surface area contributed by atoms with Gasteiger partial charge in [0.05, 0.1) is 10.5 Å². The third kappa shape index (κ3) is 4.99. The van der Waals surface area contributed by atoms with E-state index in [-0.39, 0.29) is 30.1 Å². The Morgan fingerprint density at radius 3 is 2.67 bits per heavy atom. The maximum atomic E-state index is 12.6. The van der Waals surface area contributed by atoms with Crippen molar-refractivity contribution >= 4 is 69.4 Å². The van der Waals surface area contributed by atoms with Crippen LogP contribution >= 0.6 is 35.6 Å². The SMILES string of the molecule is O=C(CCN1C(=O)/C(=C\c2ccccc2Cl)SC1=S)Nc1ccc(C(=O)O)c([O-])c1. The molecule has 30 heavy (non-hydrogen) atoms. The number of nitrogens with one attached hydrogen (secondary N) is 1. The summed E-state index contributed by atoms with van der Waals surface area (Å²) in [5, 5.41) is 23.6. The number of hydrogen-bond acceptors (Lipinski definition) is 6. The van der Waals surface area contributed by atoms with Crippen molar-refractivity contribution in [2.45, 2.75) is 6.42 Å². The van der Waals surface area contributed by atoms with Crippen molar-refractivity contribution in [1.82, 2.24) is 4.90 Å². The molecule has 0 bridgehead atoms. The molecule has 1 fully saturated rings. The fourth-order valence-corrected chi connectivity index (χ4v) is 4.13. The first kappa shape index (κ1) is 21.8. The molecule has 2 amide bonds. The van der Waals surface area contributed by atoms with Crippen molar-refractivity contribution in [1.29, 1.82) is 0 Å². The van der Waals surface area contributed by atoms with Gasteiger partial charge in [0.1, 0.15) is 4.32 Å². The standard InChI is InChI=1S/C20H15ClN2O5S2/c21-14-4-2-1-3-11(14)9-16-18(26)23(20(29)30-16)8-7-17(25)22-12-5-6-13(19(27)28)15(24)10-12/h1-6,9-10,24H,7-8H2,(H,22,25)(H,27,28)/p-1/b16-9+. The van der Waals surface area contributed by atoms with Crippen LogP contribution in [0.15, 0.2) is 47.4 Å². The summed E-state index contributed by atoms with van der Waals surface area (Å²) in [6.45, 7) is 0.0633. The van der Waals surface area contributed by atoms with E-state index >= 15 is 0 Å². The molecule has 2 aromatic rings. The zero-order valence-corrected chi connectivity index (χ0v) is 17.6. The molecule has 1 aliphatic rings. The van der Waals surface area contributed by atoms with Gasteiger partial charge in [0, 0.05) is 23.7 Å². The van der Waals surface area contributed by atoms with Crippen molar-refractivity contribution in [2.24, 2.45) is 0 Å². The predicted octanol–water partition coefficient (Wildman–Crippen LogP) is 3.34. The van der Waals surface area contributed by atoms with Gasteiger partial charge >= 0.3 is 5.97 Å². The van der Waals surface area contributed by atoms with E-state index in [0.717, 1.165) is 23.9 Å². The number of aromatic carboxylic acids is 1. The Morgan fingerprint density at radius 2 is 2.00 bits per heavy atom. The van der Waals surface area contributed by atoms with E-state index in [4.69, 9.17) is 28.9 Å². The first-order chi connectivity index (χ1) is 14.3. The smallest absolute Gasteiger partial charge is 0.335 e. The summed E-state index contributed by atoms with van der Waals surface area (Å²) in [7, 11) is 0. The Balaban J connectivity index is 1.61. The van der Waals surface area contributed by atoms with Crippen molar-refractivity contribution in [3.63, 3.8) is 0 Å². The number of benzene rings is 2. The molecule has 0 unspecified atom stereocenters. The van der Waals surface area contributed by atoms with Crippen LogP contribution in [0.5, 0.6) is 5.75 Å². The van der Waals surface area contributed by atoms with Crippen LogP contribution in [0.2, 0.25) is 5.02 Å². The number of carbonyl (C=O) groups excluding carboxylic acids is 2. The number of anilines is 1.